The second-order valence-electron chi connectivity index (χ2n) is 5.70. The minimum absolute atomic E-state index is 0.693. The van der Waals surface area contributed by atoms with Crippen LogP contribution in [0.1, 0.15) is 39.5 Å². The van der Waals surface area contributed by atoms with Crippen LogP contribution < -0.4 is 5.32 Å². The third-order valence-electron chi connectivity index (χ3n) is 4.07. The van der Waals surface area contributed by atoms with Crippen molar-refractivity contribution in [1.29, 1.82) is 0 Å². The van der Waals surface area contributed by atoms with Crippen LogP contribution in [0.5, 0.6) is 0 Å². The minimum Gasteiger partial charge on any atom is -0.313 e. The second kappa shape index (κ2) is 8.39. The van der Waals surface area contributed by atoms with Crippen molar-refractivity contribution in [2.45, 2.75) is 51.6 Å². The maximum absolute atomic E-state index is 3.72. The lowest BCUT2D eigenvalue weighted by molar-refractivity contribution is 0.255. The van der Waals surface area contributed by atoms with E-state index in [1.54, 1.807) is 0 Å². The normalized spacial score (nSPS) is 27.4. The van der Waals surface area contributed by atoms with Gasteiger partial charge in [0.15, 0.2) is 0 Å². The van der Waals surface area contributed by atoms with Gasteiger partial charge in [0.1, 0.15) is 0 Å². The quantitative estimate of drug-likeness (QED) is 0.756. The highest BCUT2D eigenvalue weighted by Gasteiger charge is 2.17. The molecular weight excluding hydrogens is 228 g/mol. The van der Waals surface area contributed by atoms with Crippen molar-refractivity contribution in [3.8, 4) is 0 Å². The molecule has 1 rings (SSSR count). The number of hydrogen-bond acceptors (Lipinski definition) is 3. The van der Waals surface area contributed by atoms with Crippen LogP contribution in [0, 0.1) is 5.92 Å². The first-order chi connectivity index (χ1) is 8.13. The highest BCUT2D eigenvalue weighted by molar-refractivity contribution is 7.98. The first-order valence-corrected chi connectivity index (χ1v) is 8.45. The van der Waals surface area contributed by atoms with Crippen molar-refractivity contribution in [3.05, 3.63) is 0 Å². The molecule has 0 aromatic rings. The molecule has 1 fully saturated rings. The zero-order valence-electron chi connectivity index (χ0n) is 12.0. The SMILES string of the molecule is CSCC(C)N(C)CCNC1CCC(C)CC1. The van der Waals surface area contributed by atoms with Crippen LogP contribution in [0.25, 0.3) is 0 Å². The van der Waals surface area contributed by atoms with Crippen molar-refractivity contribution in [2.75, 3.05) is 32.1 Å². The summed E-state index contributed by atoms with van der Waals surface area (Å²) in [5.41, 5.74) is 0. The van der Waals surface area contributed by atoms with Gasteiger partial charge in [-0.2, -0.15) is 11.8 Å². The van der Waals surface area contributed by atoms with Gasteiger partial charge in [0.25, 0.3) is 0 Å². The fourth-order valence-electron chi connectivity index (χ4n) is 2.50. The number of nitrogens with one attached hydrogen (secondary N) is 1. The molecule has 1 saturated carbocycles. The molecule has 1 N–H and O–H groups in total. The maximum atomic E-state index is 3.72. The zero-order valence-corrected chi connectivity index (χ0v) is 12.9. The Morgan fingerprint density at radius 2 is 1.94 bits per heavy atom. The van der Waals surface area contributed by atoms with E-state index in [9.17, 15) is 0 Å². The van der Waals surface area contributed by atoms with Gasteiger partial charge >= 0.3 is 0 Å². The predicted molar refractivity (Wildman–Crippen MR) is 79.9 cm³/mol. The highest BCUT2D eigenvalue weighted by atomic mass is 32.2. The summed E-state index contributed by atoms with van der Waals surface area (Å²) in [7, 11) is 2.24. The van der Waals surface area contributed by atoms with E-state index in [0.717, 1.165) is 18.5 Å². The molecule has 0 spiro atoms. The van der Waals surface area contributed by atoms with Gasteiger partial charge < -0.3 is 10.2 Å². The Labute approximate surface area is 112 Å². The molecule has 0 amide bonds. The van der Waals surface area contributed by atoms with Gasteiger partial charge in [-0.1, -0.05) is 6.92 Å². The molecular formula is C14H30N2S. The van der Waals surface area contributed by atoms with E-state index in [2.05, 4.69) is 37.4 Å². The summed E-state index contributed by atoms with van der Waals surface area (Å²) in [6.07, 6.45) is 7.77. The molecule has 1 unspecified atom stereocenters. The van der Waals surface area contributed by atoms with E-state index < -0.39 is 0 Å². The van der Waals surface area contributed by atoms with Gasteiger partial charge in [-0.25, -0.2) is 0 Å². The topological polar surface area (TPSA) is 15.3 Å². The molecule has 1 atom stereocenters. The van der Waals surface area contributed by atoms with Gasteiger partial charge in [-0.15, -0.1) is 0 Å². The Kier molecular flexibility index (Phi) is 7.56. The third-order valence-corrected chi connectivity index (χ3v) is 4.89. The van der Waals surface area contributed by atoms with Crippen molar-refractivity contribution in [1.82, 2.24) is 10.2 Å². The lowest BCUT2D eigenvalue weighted by atomic mass is 9.87. The molecule has 102 valence electrons. The Hall–Kier alpha value is 0.270. The molecule has 17 heavy (non-hydrogen) atoms. The number of rotatable bonds is 7. The summed E-state index contributed by atoms with van der Waals surface area (Å²) in [6, 6.07) is 1.48. The van der Waals surface area contributed by atoms with Crippen LogP contribution in [0.2, 0.25) is 0 Å². The van der Waals surface area contributed by atoms with Crippen LogP contribution in [0.4, 0.5) is 0 Å². The van der Waals surface area contributed by atoms with Crippen LogP contribution >= 0.6 is 11.8 Å². The Morgan fingerprint density at radius 1 is 1.29 bits per heavy atom. The van der Waals surface area contributed by atoms with E-state index >= 15 is 0 Å². The summed E-state index contributed by atoms with van der Waals surface area (Å²) in [4.78, 5) is 2.47. The molecule has 2 nitrogen and oxygen atoms in total. The molecule has 0 aromatic heterocycles. The molecule has 0 bridgehead atoms. The molecule has 0 heterocycles. The van der Waals surface area contributed by atoms with Gasteiger partial charge in [0.2, 0.25) is 0 Å². The molecule has 0 radical (unpaired) electrons. The van der Waals surface area contributed by atoms with Gasteiger partial charge in [0, 0.05) is 30.9 Å². The average Bonchev–Trinajstić information content (AvgIpc) is 2.32. The maximum Gasteiger partial charge on any atom is 0.0155 e. The first kappa shape index (κ1) is 15.3. The van der Waals surface area contributed by atoms with Crippen LogP contribution in [0.15, 0.2) is 0 Å². The molecule has 0 aromatic carbocycles. The molecule has 3 heteroatoms. The summed E-state index contributed by atoms with van der Waals surface area (Å²) in [5.74, 6) is 2.19. The molecule has 1 aliphatic carbocycles. The average molecular weight is 258 g/mol. The monoisotopic (exact) mass is 258 g/mol. The Bertz CT molecular complexity index is 189. The number of thioether (sulfide) groups is 1. The molecule has 0 saturated heterocycles. The van der Waals surface area contributed by atoms with Crippen LogP contribution in [-0.4, -0.2) is 49.1 Å². The smallest absolute Gasteiger partial charge is 0.0155 e. The fraction of sp³-hybridized carbons (Fsp3) is 1.00. The van der Waals surface area contributed by atoms with Crippen molar-refractivity contribution >= 4 is 11.8 Å². The fourth-order valence-corrected chi connectivity index (χ4v) is 3.23. The van der Waals surface area contributed by atoms with Crippen molar-refractivity contribution in [3.63, 3.8) is 0 Å². The van der Waals surface area contributed by atoms with Gasteiger partial charge in [-0.3, -0.25) is 0 Å². The first-order valence-electron chi connectivity index (χ1n) is 7.06. The number of nitrogens with zero attached hydrogens (tertiary/aromatic N) is 1. The summed E-state index contributed by atoms with van der Waals surface area (Å²) >= 11 is 1.94. The Morgan fingerprint density at radius 3 is 2.53 bits per heavy atom. The van der Waals surface area contributed by atoms with Crippen molar-refractivity contribution < 1.29 is 0 Å². The van der Waals surface area contributed by atoms with Crippen LogP contribution in [-0.2, 0) is 0 Å². The van der Waals surface area contributed by atoms with E-state index in [1.165, 1.54) is 38.0 Å². The lowest BCUT2D eigenvalue weighted by Crippen LogP contribution is -2.40. The molecule has 1 aliphatic rings. The Balaban J connectivity index is 2.06. The number of hydrogen-bond donors (Lipinski definition) is 1. The number of likely N-dealkylation sites (N-methyl/N-ethyl adjacent to an activating group) is 1. The second-order valence-corrected chi connectivity index (χ2v) is 6.61. The van der Waals surface area contributed by atoms with Gasteiger partial charge in [-0.05, 0) is 51.8 Å². The summed E-state index contributed by atoms with van der Waals surface area (Å²) < 4.78 is 0. The minimum atomic E-state index is 0.693. The van der Waals surface area contributed by atoms with E-state index in [-0.39, 0.29) is 0 Å². The molecule has 0 aliphatic heterocycles. The largest absolute Gasteiger partial charge is 0.313 e. The summed E-state index contributed by atoms with van der Waals surface area (Å²) in [5, 5.41) is 3.72. The van der Waals surface area contributed by atoms with Crippen LogP contribution in [0.3, 0.4) is 0 Å². The standard InChI is InChI=1S/C14H30N2S/c1-12-5-7-14(8-6-12)15-9-10-16(3)13(2)11-17-4/h12-15H,5-11H2,1-4H3. The van der Waals surface area contributed by atoms with E-state index in [1.807, 2.05) is 11.8 Å². The summed E-state index contributed by atoms with van der Waals surface area (Å²) in [6.45, 7) is 7.02. The van der Waals surface area contributed by atoms with E-state index in [0.29, 0.717) is 6.04 Å². The lowest BCUT2D eigenvalue weighted by Gasteiger charge is -2.29. The third kappa shape index (κ3) is 6.12. The van der Waals surface area contributed by atoms with E-state index in [4.69, 9.17) is 0 Å². The zero-order chi connectivity index (χ0) is 12.7. The van der Waals surface area contributed by atoms with Crippen molar-refractivity contribution in [2.24, 2.45) is 5.92 Å². The predicted octanol–water partition coefficient (Wildman–Crippen LogP) is 2.84. The van der Waals surface area contributed by atoms with Gasteiger partial charge in [0.05, 0.1) is 0 Å². The highest BCUT2D eigenvalue weighted by Crippen LogP contribution is 2.23.